The van der Waals surface area contributed by atoms with Crippen molar-refractivity contribution in [3.63, 3.8) is 0 Å². The fourth-order valence-corrected chi connectivity index (χ4v) is 3.33. The minimum atomic E-state index is -0.949. The first-order chi connectivity index (χ1) is 11.7. The molecule has 0 radical (unpaired) electrons. The van der Waals surface area contributed by atoms with E-state index in [2.05, 4.69) is 10.6 Å². The molecule has 0 aromatic carbocycles. The summed E-state index contributed by atoms with van der Waals surface area (Å²) in [4.78, 5) is 26.1. The summed E-state index contributed by atoms with van der Waals surface area (Å²) in [5.74, 6) is -0.103. The minimum Gasteiger partial charge on any atom is -0.444 e. The lowest BCUT2D eigenvalue weighted by Gasteiger charge is -2.30. The maximum atomic E-state index is 12.7. The van der Waals surface area contributed by atoms with Crippen molar-refractivity contribution in [1.29, 1.82) is 0 Å². The van der Waals surface area contributed by atoms with Gasteiger partial charge in [0.15, 0.2) is 0 Å². The highest BCUT2D eigenvalue weighted by atomic mass is 16.6. The van der Waals surface area contributed by atoms with E-state index in [-0.39, 0.29) is 31.3 Å². The SMILES string of the molecule is CC(C)(C)OC(=O)N[C@@H]1C[C@@H](O)CN(C(=O)C2CCNCC2)C[C@H]1O. The molecule has 2 aliphatic rings. The Labute approximate surface area is 148 Å². The Bertz CT molecular complexity index is 473. The lowest BCUT2D eigenvalue weighted by Crippen LogP contribution is -2.49. The minimum absolute atomic E-state index is 0.0301. The number of hydrogen-bond acceptors (Lipinski definition) is 6. The number of β-amino-alcohol motifs (C(OH)–C–C–N with tert-alkyl or cyclic N) is 2. The molecular formula is C17H31N3O5. The number of carbonyl (C=O) groups excluding carboxylic acids is 2. The van der Waals surface area contributed by atoms with E-state index in [1.807, 2.05) is 0 Å². The van der Waals surface area contributed by atoms with Crippen LogP contribution in [0.2, 0.25) is 0 Å². The molecular weight excluding hydrogens is 326 g/mol. The molecule has 2 aliphatic heterocycles. The van der Waals surface area contributed by atoms with E-state index < -0.39 is 29.9 Å². The maximum absolute atomic E-state index is 12.7. The molecule has 0 aromatic rings. The predicted molar refractivity (Wildman–Crippen MR) is 92.0 cm³/mol. The quantitative estimate of drug-likeness (QED) is 0.546. The van der Waals surface area contributed by atoms with Gasteiger partial charge in [-0.25, -0.2) is 4.79 Å². The zero-order valence-corrected chi connectivity index (χ0v) is 15.3. The molecule has 2 saturated heterocycles. The van der Waals surface area contributed by atoms with Crippen LogP contribution < -0.4 is 10.6 Å². The van der Waals surface area contributed by atoms with Crippen LogP contribution >= 0.6 is 0 Å². The highest BCUT2D eigenvalue weighted by Gasteiger charge is 2.36. The number of hydrogen-bond donors (Lipinski definition) is 4. The van der Waals surface area contributed by atoms with Gasteiger partial charge in [0, 0.05) is 19.0 Å². The number of aliphatic hydroxyl groups is 2. The number of alkyl carbamates (subject to hydrolysis) is 1. The van der Waals surface area contributed by atoms with Crippen LogP contribution in [0.5, 0.6) is 0 Å². The van der Waals surface area contributed by atoms with Crippen LogP contribution in [0.4, 0.5) is 4.79 Å². The van der Waals surface area contributed by atoms with E-state index in [0.29, 0.717) is 0 Å². The van der Waals surface area contributed by atoms with E-state index in [4.69, 9.17) is 4.74 Å². The average Bonchev–Trinajstić information content (AvgIpc) is 2.64. The van der Waals surface area contributed by atoms with Gasteiger partial charge in [-0.2, -0.15) is 0 Å². The molecule has 8 heteroatoms. The largest absolute Gasteiger partial charge is 0.444 e. The summed E-state index contributed by atoms with van der Waals surface area (Å²) in [6.07, 6.45) is -0.682. The van der Waals surface area contributed by atoms with E-state index in [1.165, 1.54) is 4.90 Å². The first-order valence-corrected chi connectivity index (χ1v) is 9.01. The molecule has 2 amide bonds. The van der Waals surface area contributed by atoms with Gasteiger partial charge in [0.1, 0.15) is 5.60 Å². The average molecular weight is 357 g/mol. The zero-order chi connectivity index (χ0) is 18.6. The molecule has 144 valence electrons. The molecule has 0 unspecified atom stereocenters. The summed E-state index contributed by atoms with van der Waals surface area (Å²) in [6.45, 7) is 7.14. The second-order valence-electron chi connectivity index (χ2n) is 7.98. The molecule has 4 N–H and O–H groups in total. The van der Waals surface area contributed by atoms with Crippen molar-refractivity contribution in [3.8, 4) is 0 Å². The number of amides is 2. The van der Waals surface area contributed by atoms with Crippen molar-refractivity contribution in [3.05, 3.63) is 0 Å². The molecule has 2 heterocycles. The lowest BCUT2D eigenvalue weighted by atomic mass is 9.96. The molecule has 3 atom stereocenters. The summed E-state index contributed by atoms with van der Waals surface area (Å²) in [7, 11) is 0. The molecule has 25 heavy (non-hydrogen) atoms. The first-order valence-electron chi connectivity index (χ1n) is 9.01. The topological polar surface area (TPSA) is 111 Å². The normalized spacial score (nSPS) is 29.0. The standard InChI is InChI=1S/C17H31N3O5/c1-17(2,3)25-16(24)19-13-8-12(21)9-20(10-14(13)22)15(23)11-4-6-18-7-5-11/h11-14,18,21-22H,4-10H2,1-3H3,(H,19,24)/t12-,13-,14-/m1/s1. The van der Waals surface area contributed by atoms with Crippen LogP contribution in [0.15, 0.2) is 0 Å². The highest BCUT2D eigenvalue weighted by molar-refractivity contribution is 5.79. The second-order valence-corrected chi connectivity index (χ2v) is 7.98. The Morgan fingerprint density at radius 3 is 2.40 bits per heavy atom. The Morgan fingerprint density at radius 1 is 1.16 bits per heavy atom. The summed E-state index contributed by atoms with van der Waals surface area (Å²) < 4.78 is 5.20. The number of rotatable bonds is 2. The Kier molecular flexibility index (Phi) is 6.65. The van der Waals surface area contributed by atoms with Gasteiger partial charge in [0.2, 0.25) is 5.91 Å². The van der Waals surface area contributed by atoms with Crippen LogP contribution in [0.3, 0.4) is 0 Å². The smallest absolute Gasteiger partial charge is 0.407 e. The van der Waals surface area contributed by atoms with Crippen molar-refractivity contribution >= 4 is 12.0 Å². The predicted octanol–water partition coefficient (Wildman–Crippen LogP) is -0.167. The number of carbonyl (C=O) groups is 2. The Morgan fingerprint density at radius 2 is 1.80 bits per heavy atom. The van der Waals surface area contributed by atoms with E-state index >= 15 is 0 Å². The van der Waals surface area contributed by atoms with Crippen molar-refractivity contribution in [2.75, 3.05) is 26.2 Å². The maximum Gasteiger partial charge on any atom is 0.407 e. The second kappa shape index (κ2) is 8.33. The van der Waals surface area contributed by atoms with Crippen molar-refractivity contribution in [2.45, 2.75) is 63.9 Å². The van der Waals surface area contributed by atoms with E-state index in [1.54, 1.807) is 20.8 Å². The summed E-state index contributed by atoms with van der Waals surface area (Å²) >= 11 is 0. The Hall–Kier alpha value is -1.38. The molecule has 0 bridgehead atoms. The fraction of sp³-hybridized carbons (Fsp3) is 0.882. The van der Waals surface area contributed by atoms with E-state index in [9.17, 15) is 19.8 Å². The van der Waals surface area contributed by atoms with E-state index in [0.717, 1.165) is 25.9 Å². The van der Waals surface area contributed by atoms with Crippen molar-refractivity contribution in [2.24, 2.45) is 5.92 Å². The van der Waals surface area contributed by atoms with Gasteiger partial charge in [-0.1, -0.05) is 0 Å². The third-order valence-electron chi connectivity index (χ3n) is 4.53. The van der Waals surface area contributed by atoms with Crippen molar-refractivity contribution < 1.29 is 24.5 Å². The summed E-state index contributed by atoms with van der Waals surface area (Å²) in [6, 6.07) is -0.657. The van der Waals surface area contributed by atoms with Crippen LogP contribution in [-0.2, 0) is 9.53 Å². The van der Waals surface area contributed by atoms with Gasteiger partial charge < -0.3 is 30.5 Å². The summed E-state index contributed by atoms with van der Waals surface area (Å²) in [5, 5.41) is 26.5. The lowest BCUT2D eigenvalue weighted by molar-refractivity contribution is -0.138. The molecule has 0 saturated carbocycles. The number of nitrogens with one attached hydrogen (secondary N) is 2. The van der Waals surface area contributed by atoms with Crippen LogP contribution in [0, 0.1) is 5.92 Å². The third-order valence-corrected chi connectivity index (χ3v) is 4.53. The van der Waals surface area contributed by atoms with Crippen LogP contribution in [0.1, 0.15) is 40.0 Å². The highest BCUT2D eigenvalue weighted by Crippen LogP contribution is 2.20. The van der Waals surface area contributed by atoms with Gasteiger partial charge >= 0.3 is 6.09 Å². The van der Waals surface area contributed by atoms with Crippen LogP contribution in [-0.4, -0.2) is 77.1 Å². The van der Waals surface area contributed by atoms with Gasteiger partial charge in [0.05, 0.1) is 18.2 Å². The number of likely N-dealkylation sites (tertiary alicyclic amines) is 1. The van der Waals surface area contributed by atoms with Gasteiger partial charge in [-0.15, -0.1) is 0 Å². The monoisotopic (exact) mass is 357 g/mol. The number of nitrogens with zero attached hydrogens (tertiary/aromatic N) is 1. The van der Waals surface area contributed by atoms with Gasteiger partial charge in [0.25, 0.3) is 0 Å². The van der Waals surface area contributed by atoms with Crippen molar-refractivity contribution in [1.82, 2.24) is 15.5 Å². The number of piperidine rings is 1. The molecule has 2 rings (SSSR count). The molecule has 8 nitrogen and oxygen atoms in total. The molecule has 0 aromatic heterocycles. The number of aliphatic hydroxyl groups excluding tert-OH is 2. The zero-order valence-electron chi connectivity index (χ0n) is 15.3. The van der Waals surface area contributed by atoms with Crippen LogP contribution in [0.25, 0.3) is 0 Å². The molecule has 0 aliphatic carbocycles. The third kappa shape index (κ3) is 6.13. The van der Waals surface area contributed by atoms with Gasteiger partial charge in [-0.3, -0.25) is 4.79 Å². The molecule has 0 spiro atoms. The number of ether oxygens (including phenoxy) is 1. The fourth-order valence-electron chi connectivity index (χ4n) is 3.33. The van der Waals surface area contributed by atoms with Gasteiger partial charge in [-0.05, 0) is 53.1 Å². The summed E-state index contributed by atoms with van der Waals surface area (Å²) in [5.41, 5.74) is -0.643. The Balaban J connectivity index is 1.96. The first kappa shape index (κ1) is 19.9. The molecule has 2 fully saturated rings.